The van der Waals surface area contributed by atoms with Gasteiger partial charge in [0.2, 0.25) is 0 Å². The fraction of sp³-hybridized carbons (Fsp3) is 0.533. The van der Waals surface area contributed by atoms with Gasteiger partial charge < -0.3 is 15.5 Å². The summed E-state index contributed by atoms with van der Waals surface area (Å²) >= 11 is 5.18. The van der Waals surface area contributed by atoms with Crippen molar-refractivity contribution in [2.45, 2.75) is 25.8 Å². The maximum atomic E-state index is 5.86. The minimum atomic E-state index is 0.488. The summed E-state index contributed by atoms with van der Waals surface area (Å²) in [5.41, 5.74) is 9.31. The van der Waals surface area contributed by atoms with Crippen LogP contribution in [0.1, 0.15) is 24.0 Å². The highest BCUT2D eigenvalue weighted by atomic mass is 32.1. The smallest absolute Gasteiger partial charge is 0.106 e. The van der Waals surface area contributed by atoms with Crippen molar-refractivity contribution in [1.82, 2.24) is 4.90 Å². The summed E-state index contributed by atoms with van der Waals surface area (Å²) in [4.78, 5) is 5.22. The van der Waals surface area contributed by atoms with Crippen molar-refractivity contribution in [3.8, 4) is 0 Å². The zero-order valence-electron chi connectivity index (χ0n) is 12.0. The van der Waals surface area contributed by atoms with Gasteiger partial charge >= 0.3 is 0 Å². The molecule has 2 N–H and O–H groups in total. The number of aryl methyl sites for hydroxylation is 1. The second-order valence-corrected chi connectivity index (χ2v) is 6.03. The van der Waals surface area contributed by atoms with Crippen molar-refractivity contribution in [3.05, 3.63) is 29.3 Å². The lowest BCUT2D eigenvalue weighted by atomic mass is 10.0. The Labute approximate surface area is 121 Å². The van der Waals surface area contributed by atoms with E-state index in [2.05, 4.69) is 43.0 Å². The number of rotatable bonds is 3. The molecule has 1 aromatic rings. The average Bonchev–Trinajstić information content (AvgIpc) is 2.38. The molecule has 1 aliphatic rings. The van der Waals surface area contributed by atoms with Crippen molar-refractivity contribution >= 4 is 22.9 Å². The second kappa shape index (κ2) is 5.88. The van der Waals surface area contributed by atoms with Gasteiger partial charge in [-0.2, -0.15) is 0 Å². The summed E-state index contributed by atoms with van der Waals surface area (Å²) in [7, 11) is 4.30. The molecule has 1 atom stereocenters. The predicted octanol–water partition coefficient (Wildman–Crippen LogP) is 2.16. The van der Waals surface area contributed by atoms with Gasteiger partial charge in [-0.15, -0.1) is 0 Å². The lowest BCUT2D eigenvalue weighted by Gasteiger charge is -2.38. The van der Waals surface area contributed by atoms with E-state index in [1.807, 2.05) is 6.07 Å². The van der Waals surface area contributed by atoms with Crippen molar-refractivity contribution in [2.24, 2.45) is 5.73 Å². The Morgan fingerprint density at radius 3 is 2.79 bits per heavy atom. The van der Waals surface area contributed by atoms with E-state index in [9.17, 15) is 0 Å². The first-order valence-electron chi connectivity index (χ1n) is 6.81. The molecule has 0 saturated carbocycles. The van der Waals surface area contributed by atoms with Crippen LogP contribution in [-0.4, -0.2) is 43.1 Å². The molecular weight excluding hydrogens is 254 g/mol. The topological polar surface area (TPSA) is 32.5 Å². The molecule has 19 heavy (non-hydrogen) atoms. The van der Waals surface area contributed by atoms with Crippen LogP contribution in [0.5, 0.6) is 0 Å². The van der Waals surface area contributed by atoms with E-state index in [4.69, 9.17) is 18.0 Å². The zero-order valence-corrected chi connectivity index (χ0v) is 12.8. The van der Waals surface area contributed by atoms with Gasteiger partial charge in [-0.25, -0.2) is 0 Å². The first-order chi connectivity index (χ1) is 8.99. The van der Waals surface area contributed by atoms with Gasteiger partial charge in [0.25, 0.3) is 0 Å². The molecule has 104 valence electrons. The first-order valence-corrected chi connectivity index (χ1v) is 7.21. The SMILES string of the molecule is Cc1ccc(C(N)=S)c(N2CCCC(N(C)C)C2)c1. The molecule has 0 aliphatic carbocycles. The maximum Gasteiger partial charge on any atom is 0.106 e. The van der Waals surface area contributed by atoms with E-state index in [0.717, 1.165) is 18.7 Å². The summed E-state index contributed by atoms with van der Waals surface area (Å²) < 4.78 is 0. The molecule has 0 spiro atoms. The summed E-state index contributed by atoms with van der Waals surface area (Å²) in [5.74, 6) is 0. The number of thiocarbonyl (C=S) groups is 1. The number of hydrogen-bond donors (Lipinski definition) is 1. The van der Waals surface area contributed by atoms with Crippen molar-refractivity contribution in [3.63, 3.8) is 0 Å². The van der Waals surface area contributed by atoms with Crippen molar-refractivity contribution in [2.75, 3.05) is 32.1 Å². The number of likely N-dealkylation sites (N-methyl/N-ethyl adjacent to an activating group) is 1. The van der Waals surface area contributed by atoms with Crippen molar-refractivity contribution < 1.29 is 0 Å². The quantitative estimate of drug-likeness (QED) is 0.858. The Hall–Kier alpha value is -1.13. The highest BCUT2D eigenvalue weighted by molar-refractivity contribution is 7.80. The van der Waals surface area contributed by atoms with Crippen LogP contribution in [0.4, 0.5) is 5.69 Å². The van der Waals surface area contributed by atoms with Crippen LogP contribution in [0.15, 0.2) is 18.2 Å². The Morgan fingerprint density at radius 2 is 2.16 bits per heavy atom. The Bertz CT molecular complexity index is 470. The van der Waals surface area contributed by atoms with E-state index in [1.54, 1.807) is 0 Å². The number of nitrogens with zero attached hydrogens (tertiary/aromatic N) is 2. The van der Waals surface area contributed by atoms with E-state index in [-0.39, 0.29) is 0 Å². The summed E-state index contributed by atoms with van der Waals surface area (Å²) in [5, 5.41) is 0. The van der Waals surface area contributed by atoms with E-state index >= 15 is 0 Å². The Kier molecular flexibility index (Phi) is 4.42. The lowest BCUT2D eigenvalue weighted by Crippen LogP contribution is -2.45. The first kappa shape index (κ1) is 14.3. The van der Waals surface area contributed by atoms with E-state index in [0.29, 0.717) is 11.0 Å². The van der Waals surface area contributed by atoms with Crippen LogP contribution < -0.4 is 10.6 Å². The molecule has 2 rings (SSSR count). The third-order valence-corrected chi connectivity index (χ3v) is 4.11. The molecule has 1 aromatic carbocycles. The van der Waals surface area contributed by atoms with Crippen LogP contribution in [0.3, 0.4) is 0 Å². The molecule has 1 saturated heterocycles. The van der Waals surface area contributed by atoms with Gasteiger partial charge in [0, 0.05) is 30.4 Å². The summed E-state index contributed by atoms with van der Waals surface area (Å²) in [6, 6.07) is 6.93. The molecule has 0 radical (unpaired) electrons. The number of piperidine rings is 1. The van der Waals surface area contributed by atoms with Gasteiger partial charge in [0.15, 0.2) is 0 Å². The molecule has 1 unspecified atom stereocenters. The molecule has 1 aliphatic heterocycles. The van der Waals surface area contributed by atoms with Gasteiger partial charge in [-0.3, -0.25) is 0 Å². The summed E-state index contributed by atoms with van der Waals surface area (Å²) in [6.07, 6.45) is 2.48. The third kappa shape index (κ3) is 3.25. The maximum absolute atomic E-state index is 5.86. The second-order valence-electron chi connectivity index (χ2n) is 5.59. The molecule has 0 amide bonds. The van der Waals surface area contributed by atoms with Crippen LogP contribution >= 0.6 is 12.2 Å². The number of benzene rings is 1. The van der Waals surface area contributed by atoms with Crippen LogP contribution in [-0.2, 0) is 0 Å². The van der Waals surface area contributed by atoms with Gasteiger partial charge in [0.1, 0.15) is 4.99 Å². The van der Waals surface area contributed by atoms with Gasteiger partial charge in [-0.1, -0.05) is 18.3 Å². The molecule has 3 nitrogen and oxygen atoms in total. The summed E-state index contributed by atoms with van der Waals surface area (Å²) in [6.45, 7) is 4.25. The van der Waals surface area contributed by atoms with E-state index < -0.39 is 0 Å². The monoisotopic (exact) mass is 277 g/mol. The Balaban J connectivity index is 2.30. The Morgan fingerprint density at radius 1 is 1.42 bits per heavy atom. The van der Waals surface area contributed by atoms with Crippen LogP contribution in [0.25, 0.3) is 0 Å². The minimum Gasteiger partial charge on any atom is -0.389 e. The number of anilines is 1. The van der Waals surface area contributed by atoms with Crippen molar-refractivity contribution in [1.29, 1.82) is 0 Å². The molecule has 1 fully saturated rings. The zero-order chi connectivity index (χ0) is 14.0. The highest BCUT2D eigenvalue weighted by Gasteiger charge is 2.23. The van der Waals surface area contributed by atoms with Crippen LogP contribution in [0, 0.1) is 6.92 Å². The largest absolute Gasteiger partial charge is 0.389 e. The highest BCUT2D eigenvalue weighted by Crippen LogP contribution is 2.26. The predicted molar refractivity (Wildman–Crippen MR) is 86.0 cm³/mol. The number of hydrogen-bond acceptors (Lipinski definition) is 3. The number of nitrogens with two attached hydrogens (primary N) is 1. The fourth-order valence-electron chi connectivity index (χ4n) is 2.71. The molecule has 1 heterocycles. The molecule has 4 heteroatoms. The van der Waals surface area contributed by atoms with E-state index in [1.165, 1.54) is 24.1 Å². The minimum absolute atomic E-state index is 0.488. The lowest BCUT2D eigenvalue weighted by molar-refractivity contribution is 0.258. The fourth-order valence-corrected chi connectivity index (χ4v) is 2.88. The normalized spacial score (nSPS) is 19.8. The molecule has 0 bridgehead atoms. The average molecular weight is 277 g/mol. The molecule has 0 aromatic heterocycles. The molecular formula is C15H23N3S. The van der Waals surface area contributed by atoms with Gasteiger partial charge in [0.05, 0.1) is 0 Å². The van der Waals surface area contributed by atoms with Crippen LogP contribution in [0.2, 0.25) is 0 Å². The van der Waals surface area contributed by atoms with Gasteiger partial charge in [-0.05, 0) is 51.6 Å². The third-order valence-electron chi connectivity index (χ3n) is 3.89. The standard InChI is InChI=1S/C15H23N3S/c1-11-6-7-13(15(16)19)14(9-11)18-8-4-5-12(10-18)17(2)3/h6-7,9,12H,4-5,8,10H2,1-3H3,(H2,16,19).